The van der Waals surface area contributed by atoms with Gasteiger partial charge in [0, 0.05) is 0 Å². The molecule has 16 heavy (non-hydrogen) atoms. The quantitative estimate of drug-likeness (QED) is 0.662. The third kappa shape index (κ3) is 1.40. The van der Waals surface area contributed by atoms with Crippen LogP contribution in [0.2, 0.25) is 0 Å². The molecule has 0 aliphatic heterocycles. The van der Waals surface area contributed by atoms with Crippen LogP contribution in [-0.2, 0) is 0 Å². The average molecular weight is 222 g/mol. The summed E-state index contributed by atoms with van der Waals surface area (Å²) in [5.74, 6) is 1.40. The Labute approximate surface area is 99.6 Å². The van der Waals surface area contributed by atoms with Crippen molar-refractivity contribution in [3.63, 3.8) is 0 Å². The van der Waals surface area contributed by atoms with Crippen LogP contribution in [0.1, 0.15) is 65.7 Å². The Morgan fingerprint density at radius 2 is 1.75 bits per heavy atom. The molecule has 2 unspecified atom stereocenters. The van der Waals surface area contributed by atoms with Crippen molar-refractivity contribution in [2.45, 2.75) is 71.3 Å². The molecular weight excluding hydrogens is 196 g/mol. The van der Waals surface area contributed by atoms with Crippen molar-refractivity contribution >= 4 is 0 Å². The predicted molar refractivity (Wildman–Crippen MR) is 66.1 cm³/mol. The van der Waals surface area contributed by atoms with E-state index in [1.54, 1.807) is 0 Å². The van der Waals surface area contributed by atoms with E-state index in [9.17, 15) is 5.11 Å². The molecule has 1 N–H and O–H groups in total. The van der Waals surface area contributed by atoms with Crippen molar-refractivity contribution < 1.29 is 5.11 Å². The van der Waals surface area contributed by atoms with Crippen LogP contribution in [0.5, 0.6) is 0 Å². The van der Waals surface area contributed by atoms with Crippen molar-refractivity contribution in [2.24, 2.45) is 22.7 Å². The van der Waals surface area contributed by atoms with Crippen molar-refractivity contribution in [1.82, 2.24) is 0 Å². The van der Waals surface area contributed by atoms with Crippen LogP contribution in [0.25, 0.3) is 0 Å². The summed E-state index contributed by atoms with van der Waals surface area (Å²) in [5.41, 5.74) is 0.637. The van der Waals surface area contributed by atoms with Gasteiger partial charge in [-0.05, 0) is 61.2 Å². The number of hydrogen-bond acceptors (Lipinski definition) is 1. The van der Waals surface area contributed by atoms with Gasteiger partial charge < -0.3 is 5.11 Å². The molecule has 0 aromatic heterocycles. The lowest BCUT2D eigenvalue weighted by Crippen LogP contribution is -2.56. The van der Waals surface area contributed by atoms with Crippen molar-refractivity contribution in [2.75, 3.05) is 0 Å². The van der Waals surface area contributed by atoms with Crippen LogP contribution in [0.15, 0.2) is 0 Å². The first-order valence-electron chi connectivity index (χ1n) is 7.07. The second kappa shape index (κ2) is 3.04. The Hall–Kier alpha value is -0.0400. The van der Waals surface area contributed by atoms with Gasteiger partial charge in [0.25, 0.3) is 0 Å². The summed E-state index contributed by atoms with van der Waals surface area (Å²) in [7, 11) is 0. The second-order valence-corrected chi connectivity index (χ2v) is 7.89. The lowest BCUT2D eigenvalue weighted by atomic mass is 9.49. The van der Waals surface area contributed by atoms with Crippen LogP contribution in [0, 0.1) is 22.7 Å². The zero-order valence-electron chi connectivity index (χ0n) is 11.1. The van der Waals surface area contributed by atoms with Crippen molar-refractivity contribution in [3.05, 3.63) is 0 Å². The van der Waals surface area contributed by atoms with Crippen LogP contribution < -0.4 is 0 Å². The van der Waals surface area contributed by atoms with E-state index >= 15 is 0 Å². The minimum absolute atomic E-state index is 0.302. The fourth-order valence-electron chi connectivity index (χ4n) is 5.17. The van der Waals surface area contributed by atoms with E-state index in [0.29, 0.717) is 16.7 Å². The zero-order valence-corrected chi connectivity index (χ0v) is 11.1. The molecule has 3 rings (SSSR count). The lowest BCUT2D eigenvalue weighted by Gasteiger charge is -2.58. The second-order valence-electron chi connectivity index (χ2n) is 7.89. The molecule has 3 fully saturated rings. The topological polar surface area (TPSA) is 20.2 Å². The van der Waals surface area contributed by atoms with Crippen molar-refractivity contribution in [1.29, 1.82) is 0 Å². The summed E-state index contributed by atoms with van der Waals surface area (Å²) in [6, 6.07) is 0. The fraction of sp³-hybridized carbons (Fsp3) is 1.00. The Kier molecular flexibility index (Phi) is 2.11. The highest BCUT2D eigenvalue weighted by molar-refractivity contribution is 5.10. The van der Waals surface area contributed by atoms with Crippen LogP contribution in [-0.4, -0.2) is 10.7 Å². The van der Waals surface area contributed by atoms with E-state index < -0.39 is 0 Å². The van der Waals surface area contributed by atoms with Gasteiger partial charge in [-0.2, -0.15) is 0 Å². The van der Waals surface area contributed by atoms with Gasteiger partial charge in [-0.25, -0.2) is 0 Å². The van der Waals surface area contributed by atoms with Gasteiger partial charge in [0.15, 0.2) is 0 Å². The highest BCUT2D eigenvalue weighted by atomic mass is 16.3. The van der Waals surface area contributed by atoms with Gasteiger partial charge >= 0.3 is 0 Å². The molecule has 0 aromatic rings. The van der Waals surface area contributed by atoms with Gasteiger partial charge in [0.1, 0.15) is 0 Å². The van der Waals surface area contributed by atoms with Crippen LogP contribution >= 0.6 is 0 Å². The Balaban J connectivity index is 1.92. The smallest absolute Gasteiger partial charge is 0.0684 e. The van der Waals surface area contributed by atoms with E-state index in [-0.39, 0.29) is 5.60 Å². The van der Waals surface area contributed by atoms with Gasteiger partial charge in [0.05, 0.1) is 5.60 Å². The van der Waals surface area contributed by atoms with E-state index in [4.69, 9.17) is 0 Å². The Morgan fingerprint density at radius 1 is 1.00 bits per heavy atom. The maximum absolute atomic E-state index is 11.0. The molecule has 0 spiro atoms. The monoisotopic (exact) mass is 222 g/mol. The summed E-state index contributed by atoms with van der Waals surface area (Å²) in [5, 5.41) is 11.0. The SMILES string of the molecule is CC1(C)CC2C1CC[C@]1(C)CCC[C@@]2(O)C1. The summed E-state index contributed by atoms with van der Waals surface area (Å²) in [4.78, 5) is 0. The molecule has 3 saturated carbocycles. The Morgan fingerprint density at radius 3 is 2.44 bits per heavy atom. The highest BCUT2D eigenvalue weighted by Crippen LogP contribution is 2.64. The number of rotatable bonds is 0. The first-order valence-corrected chi connectivity index (χ1v) is 7.07. The number of aliphatic hydroxyl groups is 1. The van der Waals surface area contributed by atoms with Gasteiger partial charge in [-0.3, -0.25) is 0 Å². The van der Waals surface area contributed by atoms with Crippen LogP contribution in [0.4, 0.5) is 0 Å². The predicted octanol–water partition coefficient (Wildman–Crippen LogP) is 3.75. The van der Waals surface area contributed by atoms with E-state index in [0.717, 1.165) is 18.8 Å². The average Bonchev–Trinajstić information content (AvgIpc) is 2.19. The summed E-state index contributed by atoms with van der Waals surface area (Å²) in [6.45, 7) is 7.21. The van der Waals surface area contributed by atoms with Gasteiger partial charge in [-0.1, -0.05) is 27.2 Å². The third-order valence-electron chi connectivity index (χ3n) is 6.11. The molecule has 0 amide bonds. The molecule has 3 aliphatic rings. The third-order valence-corrected chi connectivity index (χ3v) is 6.11. The Bertz CT molecular complexity index is 309. The van der Waals surface area contributed by atoms with Gasteiger partial charge in [0.2, 0.25) is 0 Å². The van der Waals surface area contributed by atoms with E-state index in [2.05, 4.69) is 20.8 Å². The maximum atomic E-state index is 11.0. The molecule has 4 atom stereocenters. The normalized spacial score (nSPS) is 54.8. The molecule has 92 valence electrons. The molecule has 1 heteroatoms. The fourth-order valence-corrected chi connectivity index (χ4v) is 5.17. The molecule has 1 nitrogen and oxygen atoms in total. The molecule has 2 bridgehead atoms. The van der Waals surface area contributed by atoms with Gasteiger partial charge in [-0.15, -0.1) is 0 Å². The summed E-state index contributed by atoms with van der Waals surface area (Å²) < 4.78 is 0. The lowest BCUT2D eigenvalue weighted by molar-refractivity contribution is -0.161. The molecule has 0 heterocycles. The summed E-state index contributed by atoms with van der Waals surface area (Å²) >= 11 is 0. The van der Waals surface area contributed by atoms with Crippen molar-refractivity contribution in [3.8, 4) is 0 Å². The minimum atomic E-state index is -0.302. The van der Waals surface area contributed by atoms with E-state index in [1.165, 1.54) is 32.1 Å². The zero-order chi connectivity index (χ0) is 11.6. The number of hydrogen-bond donors (Lipinski definition) is 1. The standard InChI is InChI=1S/C15H26O/c1-13(2)9-12-11(13)5-8-14(3)6-4-7-15(12,16)10-14/h11-12,16H,4-10H2,1-3H3/t11?,12?,14-,15+/m0/s1. The molecule has 0 saturated heterocycles. The first-order chi connectivity index (χ1) is 7.35. The minimum Gasteiger partial charge on any atom is -0.390 e. The maximum Gasteiger partial charge on any atom is 0.0684 e. The largest absolute Gasteiger partial charge is 0.390 e. The first kappa shape index (κ1) is 11.1. The van der Waals surface area contributed by atoms with Crippen LogP contribution in [0.3, 0.4) is 0 Å². The molecule has 0 aromatic carbocycles. The molecule has 0 radical (unpaired) electrons. The molecule has 3 aliphatic carbocycles. The van der Waals surface area contributed by atoms with E-state index in [1.807, 2.05) is 0 Å². The number of fused-ring (bicyclic) bond motifs is 4. The highest BCUT2D eigenvalue weighted by Gasteiger charge is 2.59. The molecular formula is C15H26O. The summed E-state index contributed by atoms with van der Waals surface area (Å²) in [6.07, 6.45) is 8.70.